The average molecular weight is 1370 g/mol. The monoisotopic (exact) mass is 1370 g/mol. The number of benzene rings is 3. The fourth-order valence-corrected chi connectivity index (χ4v) is 7.72. The number of phenols is 1. The first kappa shape index (κ1) is 66.6. The molecule has 0 spiro atoms. The molecule has 2 aromatic heterocycles. The number of aliphatic hydroxyl groups is 1. The summed E-state index contributed by atoms with van der Waals surface area (Å²) >= 11 is 3.53. The second-order valence-electron chi connectivity index (χ2n) is 15.4. The van der Waals surface area contributed by atoms with Gasteiger partial charge in [-0.15, -0.1) is 24.3 Å². The Morgan fingerprint density at radius 1 is 0.797 bits per heavy atom. The summed E-state index contributed by atoms with van der Waals surface area (Å²) in [7, 11) is 7.00. The molecule has 4 aliphatic carbocycles. The molecule has 4 aliphatic rings. The van der Waals surface area contributed by atoms with Crippen molar-refractivity contribution in [2.45, 2.75) is 89.9 Å². The Morgan fingerprint density at radius 2 is 1.31 bits per heavy atom. The van der Waals surface area contributed by atoms with Gasteiger partial charge in [0.25, 0.3) is 0 Å². The SMILES string of the molecule is C=C(C)C(=O)OCCOC1=CC(n2nc3c[c-]ccc3n2)=C(O)C2C3CC(C=C3C)C12.C=C(C)C(=O)OCCOc1ccc(O)c(-n2nc3c[c-]ccc3n2)c1.CC.CC.CC1=CCC=C1.CS.[2H]C.[2H]C.[B]C.[W].[W]. The van der Waals surface area contributed by atoms with Crippen LogP contribution in [0.1, 0.15) is 85.8 Å². The molecular weight excluding hydrogens is 1300 g/mol. The average Bonchev–Trinajstić information content (AvgIpc) is 4.31. The van der Waals surface area contributed by atoms with Crippen molar-refractivity contribution in [3.05, 3.63) is 144 Å². The third kappa shape index (κ3) is 19.1. The van der Waals surface area contributed by atoms with Crippen LogP contribution in [0.5, 0.6) is 11.5 Å². The van der Waals surface area contributed by atoms with Crippen LogP contribution >= 0.6 is 12.6 Å². The summed E-state index contributed by atoms with van der Waals surface area (Å²) in [5.74, 6) is 1.29. The largest absolute Gasteiger partial charge is 0.510 e. The van der Waals surface area contributed by atoms with Crippen molar-refractivity contribution in [2.75, 3.05) is 32.7 Å². The Hall–Kier alpha value is -5.43. The standard InChI is InChI=1S/C24H24N3O4.C18H16N3O4.C6H8.2C2H6.CH3B.CH4S.2CH4.2W/c1-13(2)24(29)31-9-8-30-20-12-19(27-25-17-6-4-5-7-18(17)26-27)23(28)22-16-11-15(21(20)22)10-14(16)3;1-12(2)18(23)25-10-9-24-13-7-8-17(22)16(11-13)21-19-14-5-3-4-6-15(14)20-21;1-6-4-2-3-5-6;4*1-2;;;;/h4,6-7,10,12,15-16,21-22,28H,1,8-9,11H2,2-3H3;3,5-8,11,22H,1,9-10H2,2H3;2,4-5H,3H2,1H3;2*1-2H3;1H3;2H,1H3;2*1H4;;/q2*-1;;;;;;;;;/i;;;;;;;2*1D;;. The summed E-state index contributed by atoms with van der Waals surface area (Å²) in [5, 5.41) is 39.0. The van der Waals surface area contributed by atoms with Crippen LogP contribution in [-0.2, 0) is 65.9 Å². The maximum atomic E-state index is 11.6. The number of esters is 2. The Balaban J connectivity index is 0. The normalized spacial score (nSPS) is 16.7. The Bertz CT molecular complexity index is 2660. The summed E-state index contributed by atoms with van der Waals surface area (Å²) in [4.78, 5) is 25.7. The number of allylic oxidation sites excluding steroid dienone is 10. The van der Waals surface area contributed by atoms with Crippen molar-refractivity contribution in [2.24, 2.45) is 23.7 Å². The van der Waals surface area contributed by atoms with Gasteiger partial charge in [-0.2, -0.15) is 56.7 Å². The molecule has 0 amide bonds. The van der Waals surface area contributed by atoms with Gasteiger partial charge >= 0.3 is 11.9 Å². The van der Waals surface area contributed by atoms with Crippen molar-refractivity contribution in [1.82, 2.24) is 30.0 Å². The Kier molecular flexibility index (Phi) is 32.8. The fraction of sp³-hybridized carbons (Fsp3) is 0.393. The van der Waals surface area contributed by atoms with Crippen molar-refractivity contribution in [1.29, 1.82) is 0 Å². The van der Waals surface area contributed by atoms with Gasteiger partial charge in [0.15, 0.2) is 0 Å². The van der Waals surface area contributed by atoms with Gasteiger partial charge in [-0.05, 0) is 70.8 Å². The number of aromatic nitrogens is 6. The van der Waals surface area contributed by atoms with E-state index in [1.54, 1.807) is 62.6 Å². The summed E-state index contributed by atoms with van der Waals surface area (Å²) in [5.41, 5.74) is 7.09. The molecule has 9 rings (SSSR count). The van der Waals surface area contributed by atoms with Gasteiger partial charge in [0.05, 0.1) is 7.85 Å². The summed E-state index contributed by atoms with van der Waals surface area (Å²) in [6, 6.07) is 21.3. The molecule has 5 aromatic rings. The molecule has 3 aromatic carbocycles. The zero-order valence-electron chi connectivity index (χ0n) is 46.9. The maximum Gasteiger partial charge on any atom is 0.333 e. The maximum absolute atomic E-state index is 11.6. The predicted molar refractivity (Wildman–Crippen MR) is 295 cm³/mol. The van der Waals surface area contributed by atoms with E-state index in [4.69, 9.17) is 21.7 Å². The van der Waals surface area contributed by atoms with Crippen molar-refractivity contribution in [3.63, 3.8) is 0 Å². The summed E-state index contributed by atoms with van der Waals surface area (Å²) < 4.78 is 33.2. The molecule has 18 heteroatoms. The zero-order valence-corrected chi connectivity index (χ0v) is 51.7. The smallest absolute Gasteiger partial charge is 0.333 e. The molecule has 0 saturated heterocycles. The van der Waals surface area contributed by atoms with Crippen molar-refractivity contribution in [3.8, 4) is 17.2 Å². The number of carbonyl (C=O) groups is 2. The van der Waals surface area contributed by atoms with Gasteiger partial charge in [-0.25, -0.2) is 19.8 Å². The number of ether oxygens (including phenoxy) is 4. The van der Waals surface area contributed by atoms with Gasteiger partial charge < -0.3 is 29.2 Å². The molecule has 400 valence electrons. The second-order valence-corrected chi connectivity index (χ2v) is 15.4. The zero-order chi connectivity index (χ0) is 55.9. The van der Waals surface area contributed by atoms with Gasteiger partial charge in [-0.3, -0.25) is 0 Å². The van der Waals surface area contributed by atoms with Crippen LogP contribution in [0.15, 0.2) is 132 Å². The Morgan fingerprint density at radius 3 is 1.80 bits per heavy atom. The number of rotatable bonds is 12. The number of carbonyl (C=O) groups excluding carboxylic acids is 2. The minimum absolute atomic E-state index is 0. The number of fused-ring (bicyclic) bond motifs is 7. The molecule has 1 fully saturated rings. The fourth-order valence-electron chi connectivity index (χ4n) is 7.72. The van der Waals surface area contributed by atoms with E-state index in [0.717, 1.165) is 24.1 Å². The third-order valence-electron chi connectivity index (χ3n) is 10.7. The number of hydrogen-bond acceptors (Lipinski definition) is 13. The first-order valence-corrected chi connectivity index (χ1v) is 24.2. The number of aromatic hydroxyl groups is 1. The quantitative estimate of drug-likeness (QED) is 0.0206. The minimum atomic E-state index is -0.459. The van der Waals surface area contributed by atoms with E-state index in [1.165, 1.54) is 48.4 Å². The van der Waals surface area contributed by atoms with Crippen LogP contribution in [0.2, 0.25) is 6.82 Å². The molecule has 1 saturated carbocycles. The van der Waals surface area contributed by atoms with Crippen LogP contribution in [0, 0.1) is 35.8 Å². The third-order valence-corrected chi connectivity index (χ3v) is 10.7. The molecule has 2 bridgehead atoms. The van der Waals surface area contributed by atoms with E-state index in [9.17, 15) is 19.8 Å². The van der Waals surface area contributed by atoms with Gasteiger partial charge in [0.2, 0.25) is 0 Å². The molecule has 4 unspecified atom stereocenters. The molecule has 2 N–H and O–H groups in total. The molecule has 0 aliphatic heterocycles. The number of nitrogens with zero attached hydrogens (tertiary/aromatic N) is 6. The van der Waals surface area contributed by atoms with E-state index < -0.39 is 11.9 Å². The first-order valence-electron chi connectivity index (χ1n) is 25.3. The van der Waals surface area contributed by atoms with Crippen LogP contribution in [0.4, 0.5) is 0 Å². The molecule has 2 radical (unpaired) electrons. The van der Waals surface area contributed by atoms with E-state index in [1.807, 2.05) is 39.8 Å². The molecule has 4 atom stereocenters. The second kappa shape index (κ2) is 36.5. The van der Waals surface area contributed by atoms with Gasteiger partial charge in [0.1, 0.15) is 60.8 Å². The molecule has 14 nitrogen and oxygen atoms in total. The number of aliphatic hydroxyl groups excluding tert-OH is 1. The van der Waals surface area contributed by atoms with Crippen LogP contribution in [0.25, 0.3) is 33.5 Å². The van der Waals surface area contributed by atoms with E-state index in [0.29, 0.717) is 56.5 Å². The minimum Gasteiger partial charge on any atom is -0.510 e. The van der Waals surface area contributed by atoms with Crippen molar-refractivity contribution < 1.29 is 83.6 Å². The van der Waals surface area contributed by atoms with Crippen molar-refractivity contribution >= 4 is 60.2 Å². The predicted octanol–water partition coefficient (Wildman–Crippen LogP) is 12.2. The van der Waals surface area contributed by atoms with E-state index in [2.05, 4.69) is 104 Å². The Labute approximate surface area is 478 Å². The molecule has 2 heterocycles. The van der Waals surface area contributed by atoms with Gasteiger partial charge in [0, 0.05) is 102 Å². The van der Waals surface area contributed by atoms with Crippen LogP contribution in [-0.4, -0.2) is 92.7 Å². The first-order chi connectivity index (χ1) is 35.9. The van der Waals surface area contributed by atoms with Gasteiger partial charge in [-0.1, -0.05) is 97.9 Å². The molecule has 74 heavy (non-hydrogen) atoms. The summed E-state index contributed by atoms with van der Waals surface area (Å²) in [6.07, 6.45) is 14.5. The number of hydrogen-bond donors (Lipinski definition) is 3. The van der Waals surface area contributed by atoms with E-state index >= 15 is 0 Å². The van der Waals surface area contributed by atoms with Crippen LogP contribution < -0.4 is 4.74 Å². The van der Waals surface area contributed by atoms with E-state index in [-0.39, 0.29) is 92.1 Å². The van der Waals surface area contributed by atoms with Crippen LogP contribution in [0.3, 0.4) is 0 Å². The number of thiol groups is 1. The topological polar surface area (TPSA) is 173 Å². The molecular formula is C56H75BN6O8SW2-2. The number of phenolic OH excluding ortho intramolecular Hbond substituents is 1. The summed E-state index contributed by atoms with van der Waals surface area (Å²) in [6.45, 7) is 24.6.